The van der Waals surface area contributed by atoms with Crippen LogP contribution in [0.15, 0.2) is 54.9 Å². The minimum Gasteiger partial charge on any atom is -0.402 e. The highest BCUT2D eigenvalue weighted by Crippen LogP contribution is 2.20. The molecule has 0 unspecified atom stereocenters. The molecule has 0 spiro atoms. The van der Waals surface area contributed by atoms with Gasteiger partial charge in [-0.15, -0.1) is 0 Å². The van der Waals surface area contributed by atoms with E-state index in [0.29, 0.717) is 5.69 Å². The number of unbranched alkanes of at least 4 members (excludes halogenated alkanes) is 2. The van der Waals surface area contributed by atoms with E-state index in [1.54, 1.807) is 12.3 Å². The second-order valence-corrected chi connectivity index (χ2v) is 7.35. The van der Waals surface area contributed by atoms with Crippen molar-refractivity contribution in [1.29, 1.82) is 0 Å². The van der Waals surface area contributed by atoms with Crippen molar-refractivity contribution in [3.63, 3.8) is 0 Å². The number of benzene rings is 2. The molecule has 0 aliphatic carbocycles. The van der Waals surface area contributed by atoms with E-state index in [4.69, 9.17) is 4.74 Å². The third-order valence-electron chi connectivity index (χ3n) is 4.97. The first-order valence-corrected chi connectivity index (χ1v) is 10.5. The van der Waals surface area contributed by atoms with E-state index in [1.807, 2.05) is 12.1 Å². The summed E-state index contributed by atoms with van der Waals surface area (Å²) < 4.78 is 19.5. The van der Waals surface area contributed by atoms with E-state index in [-0.39, 0.29) is 11.4 Å². The third kappa shape index (κ3) is 5.72. The first-order chi connectivity index (χ1) is 14.6. The Morgan fingerprint density at radius 3 is 2.17 bits per heavy atom. The SMILES string of the molecule is CCCCc1ccc(-c2cnc(OC(=O)c3ccc(CCCC)cc3F)cn2)cc1. The number of aromatic nitrogens is 2. The molecular formula is C25H27FN2O2. The molecule has 1 aromatic heterocycles. The average Bonchev–Trinajstić information content (AvgIpc) is 2.77. The van der Waals surface area contributed by atoms with Crippen LogP contribution in [-0.4, -0.2) is 15.9 Å². The Balaban J connectivity index is 1.64. The summed E-state index contributed by atoms with van der Waals surface area (Å²) in [6.45, 7) is 4.26. The van der Waals surface area contributed by atoms with Gasteiger partial charge in [0.2, 0.25) is 5.88 Å². The molecule has 3 rings (SSSR count). The summed E-state index contributed by atoms with van der Waals surface area (Å²) in [4.78, 5) is 20.8. The Kier molecular flexibility index (Phi) is 7.66. The molecule has 0 fully saturated rings. The Hall–Kier alpha value is -3.08. The fourth-order valence-electron chi connectivity index (χ4n) is 3.15. The van der Waals surface area contributed by atoms with Gasteiger partial charge in [0, 0.05) is 5.56 Å². The molecule has 30 heavy (non-hydrogen) atoms. The predicted octanol–water partition coefficient (Wildman–Crippen LogP) is 6.19. The molecule has 4 nitrogen and oxygen atoms in total. The summed E-state index contributed by atoms with van der Waals surface area (Å²) >= 11 is 0. The van der Waals surface area contributed by atoms with Crippen LogP contribution >= 0.6 is 0 Å². The fourth-order valence-corrected chi connectivity index (χ4v) is 3.15. The summed E-state index contributed by atoms with van der Waals surface area (Å²) in [6, 6.07) is 12.8. The van der Waals surface area contributed by atoms with E-state index in [0.717, 1.165) is 36.8 Å². The van der Waals surface area contributed by atoms with Crippen LogP contribution < -0.4 is 4.74 Å². The van der Waals surface area contributed by atoms with Crippen LogP contribution in [0.2, 0.25) is 0 Å². The number of carbonyl (C=O) groups is 1. The van der Waals surface area contributed by atoms with E-state index in [9.17, 15) is 9.18 Å². The minimum atomic E-state index is -0.781. The summed E-state index contributed by atoms with van der Waals surface area (Å²) in [5, 5.41) is 0. The zero-order valence-electron chi connectivity index (χ0n) is 17.5. The first-order valence-electron chi connectivity index (χ1n) is 10.5. The molecule has 0 aliphatic heterocycles. The van der Waals surface area contributed by atoms with Gasteiger partial charge < -0.3 is 4.74 Å². The minimum absolute atomic E-state index is 0.0396. The monoisotopic (exact) mass is 406 g/mol. The quantitative estimate of drug-likeness (QED) is 0.398. The van der Waals surface area contributed by atoms with Crippen molar-refractivity contribution in [3.05, 3.63) is 77.4 Å². The highest BCUT2D eigenvalue weighted by molar-refractivity contribution is 5.91. The molecule has 0 saturated carbocycles. The van der Waals surface area contributed by atoms with Gasteiger partial charge in [-0.3, -0.25) is 0 Å². The second-order valence-electron chi connectivity index (χ2n) is 7.35. The zero-order valence-corrected chi connectivity index (χ0v) is 17.5. The average molecular weight is 407 g/mol. The number of carbonyl (C=O) groups excluding carboxylic acids is 1. The first kappa shape index (κ1) is 21.6. The molecule has 0 aliphatic rings. The number of rotatable bonds is 9. The fraction of sp³-hybridized carbons (Fsp3) is 0.320. The second kappa shape index (κ2) is 10.6. The Morgan fingerprint density at radius 2 is 1.57 bits per heavy atom. The van der Waals surface area contributed by atoms with Crippen molar-refractivity contribution in [1.82, 2.24) is 9.97 Å². The number of ether oxygens (including phenoxy) is 1. The molecule has 2 aromatic carbocycles. The molecule has 0 saturated heterocycles. The van der Waals surface area contributed by atoms with Crippen molar-refractivity contribution in [2.45, 2.75) is 52.4 Å². The van der Waals surface area contributed by atoms with Gasteiger partial charge in [-0.25, -0.2) is 19.2 Å². The number of halogens is 1. The van der Waals surface area contributed by atoms with Crippen LogP contribution in [0.5, 0.6) is 5.88 Å². The molecule has 0 amide bonds. The molecule has 0 radical (unpaired) electrons. The van der Waals surface area contributed by atoms with Gasteiger partial charge in [0.05, 0.1) is 23.7 Å². The molecule has 1 heterocycles. The van der Waals surface area contributed by atoms with Crippen LogP contribution in [0.4, 0.5) is 4.39 Å². The Bertz CT molecular complexity index is 969. The smallest absolute Gasteiger partial charge is 0.347 e. The van der Waals surface area contributed by atoms with Gasteiger partial charge in [-0.05, 0) is 48.9 Å². The topological polar surface area (TPSA) is 52.1 Å². The third-order valence-corrected chi connectivity index (χ3v) is 4.97. The molecule has 5 heteroatoms. The standard InChI is InChI=1S/C25H27FN2O2/c1-3-5-7-18-9-12-20(13-10-18)23-16-28-24(17-27-23)30-25(29)21-14-11-19(8-6-4-2)15-22(21)26/h9-17H,3-8H2,1-2H3. The lowest BCUT2D eigenvalue weighted by atomic mass is 10.1. The maximum atomic E-state index is 14.3. The van der Waals surface area contributed by atoms with E-state index in [2.05, 4.69) is 35.9 Å². The maximum Gasteiger partial charge on any atom is 0.347 e. The van der Waals surface area contributed by atoms with Gasteiger partial charge in [0.1, 0.15) is 5.82 Å². The van der Waals surface area contributed by atoms with Gasteiger partial charge >= 0.3 is 5.97 Å². The zero-order chi connectivity index (χ0) is 21.3. The van der Waals surface area contributed by atoms with Crippen molar-refractivity contribution >= 4 is 5.97 Å². The van der Waals surface area contributed by atoms with Crippen molar-refractivity contribution < 1.29 is 13.9 Å². The number of nitrogens with zero attached hydrogens (tertiary/aromatic N) is 2. The predicted molar refractivity (Wildman–Crippen MR) is 116 cm³/mol. The van der Waals surface area contributed by atoms with Crippen LogP contribution in [0.3, 0.4) is 0 Å². The van der Waals surface area contributed by atoms with Crippen molar-refractivity contribution in [3.8, 4) is 17.1 Å². The van der Waals surface area contributed by atoms with Gasteiger partial charge in [0.15, 0.2) is 0 Å². The van der Waals surface area contributed by atoms with Crippen LogP contribution in [0.1, 0.15) is 61.0 Å². The summed E-state index contributed by atoms with van der Waals surface area (Å²) in [7, 11) is 0. The Morgan fingerprint density at radius 1 is 0.900 bits per heavy atom. The Labute approximate surface area is 177 Å². The molecular weight excluding hydrogens is 379 g/mol. The molecule has 156 valence electrons. The lowest BCUT2D eigenvalue weighted by Gasteiger charge is -2.07. The molecule has 0 bridgehead atoms. The van der Waals surface area contributed by atoms with E-state index < -0.39 is 11.8 Å². The maximum absolute atomic E-state index is 14.3. The van der Waals surface area contributed by atoms with E-state index >= 15 is 0 Å². The van der Waals surface area contributed by atoms with Gasteiger partial charge in [-0.1, -0.05) is 57.0 Å². The summed E-state index contributed by atoms with van der Waals surface area (Å²) in [5.41, 5.74) is 3.68. The molecule has 0 N–H and O–H groups in total. The highest BCUT2D eigenvalue weighted by Gasteiger charge is 2.15. The number of aryl methyl sites for hydroxylation is 2. The van der Waals surface area contributed by atoms with Crippen LogP contribution in [-0.2, 0) is 12.8 Å². The van der Waals surface area contributed by atoms with Crippen molar-refractivity contribution in [2.75, 3.05) is 0 Å². The normalized spacial score (nSPS) is 10.8. The van der Waals surface area contributed by atoms with Gasteiger partial charge in [0.25, 0.3) is 0 Å². The number of hydrogen-bond donors (Lipinski definition) is 0. The highest BCUT2D eigenvalue weighted by atomic mass is 19.1. The number of esters is 1. The van der Waals surface area contributed by atoms with E-state index in [1.165, 1.54) is 36.7 Å². The van der Waals surface area contributed by atoms with Crippen molar-refractivity contribution in [2.24, 2.45) is 0 Å². The largest absolute Gasteiger partial charge is 0.402 e. The molecule has 0 atom stereocenters. The summed E-state index contributed by atoms with van der Waals surface area (Å²) in [6.07, 6.45) is 9.12. The summed E-state index contributed by atoms with van der Waals surface area (Å²) in [5.74, 6) is -1.32. The van der Waals surface area contributed by atoms with Gasteiger partial charge in [-0.2, -0.15) is 0 Å². The number of hydrogen-bond acceptors (Lipinski definition) is 4. The molecule has 3 aromatic rings. The van der Waals surface area contributed by atoms with Crippen LogP contribution in [0.25, 0.3) is 11.3 Å². The van der Waals surface area contributed by atoms with Crippen LogP contribution in [0, 0.1) is 5.82 Å². The lowest BCUT2D eigenvalue weighted by Crippen LogP contribution is -2.12. The lowest BCUT2D eigenvalue weighted by molar-refractivity contribution is 0.0722.